The molecule has 1 aliphatic heterocycles. The molecule has 0 unspecified atom stereocenters. The second-order valence-corrected chi connectivity index (χ2v) is 12.1. The lowest BCUT2D eigenvalue weighted by atomic mass is 9.93. The molecule has 0 N–H and O–H groups in total. The minimum absolute atomic E-state index is 0.0102. The van der Waals surface area contributed by atoms with Gasteiger partial charge in [0.15, 0.2) is 0 Å². The first-order valence-electron chi connectivity index (χ1n) is 14.9. The van der Waals surface area contributed by atoms with Gasteiger partial charge in [0.1, 0.15) is 0 Å². The average molecular weight is 552 g/mol. The van der Waals surface area contributed by atoms with Gasteiger partial charge in [-0.15, -0.1) is 0 Å². The van der Waals surface area contributed by atoms with Crippen molar-refractivity contribution in [3.05, 3.63) is 144 Å². The lowest BCUT2D eigenvalue weighted by Crippen LogP contribution is -2.39. The van der Waals surface area contributed by atoms with E-state index < -0.39 is 8.53 Å². The zero-order valence-corrected chi connectivity index (χ0v) is 24.4. The first kappa shape index (κ1) is 28.7. The number of rotatable bonds is 9. The zero-order valence-electron chi connectivity index (χ0n) is 23.5. The van der Waals surface area contributed by atoms with E-state index >= 15 is 0 Å². The normalized spacial score (nSPS) is 15.8. The van der Waals surface area contributed by atoms with Crippen LogP contribution in [0.5, 0.6) is 0 Å². The summed E-state index contributed by atoms with van der Waals surface area (Å²) >= 11 is 0. The van der Waals surface area contributed by atoms with Crippen LogP contribution in [0.2, 0.25) is 0 Å². The lowest BCUT2D eigenvalue weighted by Gasteiger charge is -2.42. The smallest absolute Gasteiger partial charge is 0.259 e. The molecule has 1 saturated heterocycles. The highest BCUT2D eigenvalue weighted by molar-refractivity contribution is 7.44. The van der Waals surface area contributed by atoms with Crippen molar-refractivity contribution in [3.8, 4) is 0 Å². The van der Waals surface area contributed by atoms with Crippen LogP contribution in [0.4, 0.5) is 0 Å². The van der Waals surface area contributed by atoms with Gasteiger partial charge >= 0.3 is 0 Å². The summed E-state index contributed by atoms with van der Waals surface area (Å²) in [5.74, 6) is 0. The van der Waals surface area contributed by atoms with Crippen molar-refractivity contribution in [2.24, 2.45) is 0 Å². The number of nitrogens with zero attached hydrogens (tertiary/aromatic N) is 1. The highest BCUT2D eigenvalue weighted by atomic mass is 31.2. The second-order valence-electron chi connectivity index (χ2n) is 10.7. The predicted octanol–water partition coefficient (Wildman–Crippen LogP) is 9.55. The van der Waals surface area contributed by atoms with Crippen molar-refractivity contribution in [1.82, 2.24) is 4.67 Å². The minimum atomic E-state index is -1.30. The Bertz CT molecular complexity index is 1130. The Hall–Kier alpha value is -2.81. The van der Waals surface area contributed by atoms with Crippen LogP contribution in [-0.4, -0.2) is 23.9 Å². The number of benzene rings is 4. The van der Waals surface area contributed by atoms with Gasteiger partial charge in [-0.3, -0.25) is 0 Å². The summed E-state index contributed by atoms with van der Waals surface area (Å²) in [4.78, 5) is 0. The summed E-state index contributed by atoms with van der Waals surface area (Å²) in [6, 6.07) is 43.8. The fourth-order valence-electron chi connectivity index (χ4n) is 5.61. The first-order valence-corrected chi connectivity index (χ1v) is 16.0. The van der Waals surface area contributed by atoms with E-state index in [2.05, 4.69) is 126 Å². The van der Waals surface area contributed by atoms with Crippen LogP contribution in [-0.2, 0) is 21.9 Å². The SMILES string of the molecule is c1ccc(CC(Cc2ccccc2)N(C(c2ccccc2)c2ccccc2)P2OCCCCCCCCO2)cc1. The van der Waals surface area contributed by atoms with Gasteiger partial charge in [-0.1, -0.05) is 147 Å². The summed E-state index contributed by atoms with van der Waals surface area (Å²) in [7, 11) is -1.30. The Morgan fingerprint density at radius 1 is 0.500 bits per heavy atom. The molecule has 0 radical (unpaired) electrons. The summed E-state index contributed by atoms with van der Waals surface area (Å²) in [6.45, 7) is 1.48. The van der Waals surface area contributed by atoms with Gasteiger partial charge in [-0.25, -0.2) is 4.67 Å². The largest absolute Gasteiger partial charge is 0.322 e. The Morgan fingerprint density at radius 3 is 1.30 bits per heavy atom. The van der Waals surface area contributed by atoms with E-state index in [1.165, 1.54) is 47.9 Å². The Balaban J connectivity index is 1.61. The van der Waals surface area contributed by atoms with Crippen LogP contribution in [0.3, 0.4) is 0 Å². The van der Waals surface area contributed by atoms with E-state index in [1.807, 2.05) is 0 Å². The topological polar surface area (TPSA) is 21.7 Å². The number of hydrogen-bond acceptors (Lipinski definition) is 3. The van der Waals surface area contributed by atoms with Crippen molar-refractivity contribution in [2.45, 2.75) is 63.5 Å². The van der Waals surface area contributed by atoms with Crippen molar-refractivity contribution in [2.75, 3.05) is 13.2 Å². The Morgan fingerprint density at radius 2 is 0.875 bits per heavy atom. The molecule has 1 fully saturated rings. The molecule has 3 nitrogen and oxygen atoms in total. The monoisotopic (exact) mass is 551 g/mol. The third kappa shape index (κ3) is 8.35. The molecule has 4 aromatic carbocycles. The maximum Gasteiger partial charge on any atom is 0.259 e. The van der Waals surface area contributed by atoms with Crippen molar-refractivity contribution < 1.29 is 9.05 Å². The first-order chi connectivity index (χ1) is 19.9. The van der Waals surface area contributed by atoms with Gasteiger partial charge in [0, 0.05) is 6.04 Å². The predicted molar refractivity (Wildman–Crippen MR) is 167 cm³/mol. The fraction of sp³-hybridized carbons (Fsp3) is 0.333. The molecule has 0 aromatic heterocycles. The molecule has 0 saturated carbocycles. The van der Waals surface area contributed by atoms with Crippen LogP contribution >= 0.6 is 8.53 Å². The average Bonchev–Trinajstić information content (AvgIpc) is 3.08. The van der Waals surface area contributed by atoms with E-state index in [-0.39, 0.29) is 12.1 Å². The zero-order chi connectivity index (χ0) is 27.2. The maximum atomic E-state index is 6.79. The molecule has 40 heavy (non-hydrogen) atoms. The quantitative estimate of drug-likeness (QED) is 0.193. The third-order valence-electron chi connectivity index (χ3n) is 7.63. The Kier molecular flexibility index (Phi) is 11.4. The van der Waals surface area contributed by atoms with Crippen molar-refractivity contribution >= 4 is 8.53 Å². The van der Waals surface area contributed by atoms with Crippen molar-refractivity contribution in [3.63, 3.8) is 0 Å². The molecule has 0 aliphatic carbocycles. The van der Waals surface area contributed by atoms with E-state index in [0.29, 0.717) is 0 Å². The van der Waals surface area contributed by atoms with Crippen molar-refractivity contribution in [1.29, 1.82) is 0 Å². The third-order valence-corrected chi connectivity index (χ3v) is 9.37. The molecule has 0 atom stereocenters. The van der Waals surface area contributed by atoms with Gasteiger partial charge in [-0.05, 0) is 47.9 Å². The highest BCUT2D eigenvalue weighted by Gasteiger charge is 2.37. The molecule has 1 heterocycles. The lowest BCUT2D eigenvalue weighted by molar-refractivity contribution is 0.162. The van der Waals surface area contributed by atoms with Gasteiger partial charge in [0.05, 0.1) is 19.3 Å². The molecular formula is C36H42NO2P. The van der Waals surface area contributed by atoms with Gasteiger partial charge in [-0.2, -0.15) is 0 Å². The molecule has 5 rings (SSSR count). The van der Waals surface area contributed by atoms with Crippen LogP contribution in [0.25, 0.3) is 0 Å². The van der Waals surface area contributed by atoms with Crippen LogP contribution < -0.4 is 0 Å². The summed E-state index contributed by atoms with van der Waals surface area (Å²) < 4.78 is 16.2. The van der Waals surface area contributed by atoms with Gasteiger partial charge in [0.25, 0.3) is 8.53 Å². The highest BCUT2D eigenvalue weighted by Crippen LogP contribution is 2.53. The van der Waals surface area contributed by atoms with Gasteiger partial charge in [0.2, 0.25) is 0 Å². The van der Waals surface area contributed by atoms with E-state index in [1.54, 1.807) is 0 Å². The van der Waals surface area contributed by atoms with Crippen LogP contribution in [0.15, 0.2) is 121 Å². The molecule has 0 spiro atoms. The summed E-state index contributed by atoms with van der Waals surface area (Å²) in [5, 5.41) is 0. The minimum Gasteiger partial charge on any atom is -0.322 e. The molecule has 0 bridgehead atoms. The molecular weight excluding hydrogens is 509 g/mol. The Labute approximate surface area is 242 Å². The van der Waals surface area contributed by atoms with Crippen LogP contribution in [0.1, 0.15) is 66.8 Å². The molecule has 4 aromatic rings. The summed E-state index contributed by atoms with van der Waals surface area (Å²) in [6.07, 6.45) is 9.01. The van der Waals surface area contributed by atoms with E-state index in [9.17, 15) is 0 Å². The fourth-order valence-corrected chi connectivity index (χ4v) is 7.40. The maximum absolute atomic E-state index is 6.79. The number of hydrogen-bond donors (Lipinski definition) is 0. The van der Waals surface area contributed by atoms with Crippen LogP contribution in [0, 0.1) is 0 Å². The van der Waals surface area contributed by atoms with Gasteiger partial charge < -0.3 is 9.05 Å². The summed E-state index contributed by atoms with van der Waals surface area (Å²) in [5.41, 5.74) is 5.20. The van der Waals surface area contributed by atoms with E-state index in [4.69, 9.17) is 9.05 Å². The van der Waals surface area contributed by atoms with E-state index in [0.717, 1.165) is 38.9 Å². The second kappa shape index (κ2) is 15.8. The molecule has 208 valence electrons. The molecule has 1 aliphatic rings. The standard InChI is InChI=1S/C36H42NO2P/c1-2-4-18-28-39-40(38-27-17-3-1)37(36(33-23-13-7-14-24-33)34-25-15-8-16-26-34)35(29-31-19-9-5-10-20-31)30-32-21-11-6-12-22-32/h5-16,19-26,35-36H,1-4,17-18,27-30H2. The molecule has 0 amide bonds. The molecule has 4 heteroatoms.